The number of benzene rings is 1. The van der Waals surface area contributed by atoms with Gasteiger partial charge >= 0.3 is 0 Å². The summed E-state index contributed by atoms with van der Waals surface area (Å²) in [5.74, 6) is 0.00478. The van der Waals surface area contributed by atoms with Crippen molar-refractivity contribution in [2.45, 2.75) is 31.8 Å². The van der Waals surface area contributed by atoms with E-state index in [-0.39, 0.29) is 23.7 Å². The number of phenols is 1. The Morgan fingerprint density at radius 3 is 2.75 bits per heavy atom. The molecule has 0 aliphatic heterocycles. The number of amides is 1. The van der Waals surface area contributed by atoms with Crippen LogP contribution in [-0.4, -0.2) is 23.1 Å². The van der Waals surface area contributed by atoms with Crippen LogP contribution in [0.1, 0.15) is 28.8 Å². The quantitative estimate of drug-likeness (QED) is 0.693. The fourth-order valence-corrected chi connectivity index (χ4v) is 1.80. The van der Waals surface area contributed by atoms with Crippen molar-refractivity contribution in [1.29, 1.82) is 0 Å². The number of phenolic OH excluding ortho intramolecular Hbond substituents is 1. The van der Waals surface area contributed by atoms with Gasteiger partial charge in [0.1, 0.15) is 5.75 Å². The van der Waals surface area contributed by atoms with E-state index < -0.39 is 0 Å². The SMILES string of the molecule is Cc1ccc(C(=O)NC2CC(N)C2)cc1O. The molecule has 0 radical (unpaired) electrons. The normalized spacial score (nSPS) is 23.6. The van der Waals surface area contributed by atoms with Crippen LogP contribution >= 0.6 is 0 Å². The first-order valence-corrected chi connectivity index (χ1v) is 5.42. The van der Waals surface area contributed by atoms with Crippen molar-refractivity contribution < 1.29 is 9.90 Å². The minimum Gasteiger partial charge on any atom is -0.508 e. The Hall–Kier alpha value is -1.55. The molecule has 1 aromatic carbocycles. The van der Waals surface area contributed by atoms with Crippen molar-refractivity contribution in [3.8, 4) is 5.75 Å². The lowest BCUT2D eigenvalue weighted by atomic mass is 9.87. The fraction of sp³-hybridized carbons (Fsp3) is 0.417. The third kappa shape index (κ3) is 2.17. The number of nitrogens with two attached hydrogens (primary N) is 1. The predicted molar refractivity (Wildman–Crippen MR) is 61.3 cm³/mol. The number of hydrogen-bond acceptors (Lipinski definition) is 3. The van der Waals surface area contributed by atoms with Gasteiger partial charge in [-0.25, -0.2) is 0 Å². The Morgan fingerprint density at radius 1 is 1.50 bits per heavy atom. The van der Waals surface area contributed by atoms with Crippen molar-refractivity contribution >= 4 is 5.91 Å². The number of carbonyl (C=O) groups is 1. The molecule has 0 bridgehead atoms. The predicted octanol–water partition coefficient (Wildman–Crippen LogP) is 0.920. The zero-order valence-corrected chi connectivity index (χ0v) is 9.23. The van der Waals surface area contributed by atoms with Crippen LogP contribution in [0.2, 0.25) is 0 Å². The molecule has 2 rings (SSSR count). The second kappa shape index (κ2) is 4.14. The standard InChI is InChI=1S/C12H16N2O2/c1-7-2-3-8(4-11(7)15)12(16)14-10-5-9(13)6-10/h2-4,9-10,15H,5-6,13H2,1H3,(H,14,16). The Morgan fingerprint density at radius 2 is 2.19 bits per heavy atom. The van der Waals surface area contributed by atoms with Gasteiger partial charge in [-0.1, -0.05) is 6.07 Å². The van der Waals surface area contributed by atoms with E-state index in [2.05, 4.69) is 5.32 Å². The molecule has 0 aromatic heterocycles. The molecular formula is C12H16N2O2. The Labute approximate surface area is 94.5 Å². The molecule has 4 nitrogen and oxygen atoms in total. The van der Waals surface area contributed by atoms with Gasteiger partial charge < -0.3 is 16.2 Å². The van der Waals surface area contributed by atoms with Gasteiger partial charge in [-0.15, -0.1) is 0 Å². The summed E-state index contributed by atoms with van der Waals surface area (Å²) < 4.78 is 0. The van der Waals surface area contributed by atoms with Crippen LogP contribution in [0.5, 0.6) is 5.75 Å². The van der Waals surface area contributed by atoms with Crippen LogP contribution in [-0.2, 0) is 0 Å². The van der Waals surface area contributed by atoms with Crippen LogP contribution < -0.4 is 11.1 Å². The van der Waals surface area contributed by atoms with Crippen LogP contribution in [0.3, 0.4) is 0 Å². The maximum absolute atomic E-state index is 11.8. The van der Waals surface area contributed by atoms with Gasteiger partial charge in [0.05, 0.1) is 0 Å². The zero-order chi connectivity index (χ0) is 11.7. The van der Waals surface area contributed by atoms with E-state index in [1.165, 1.54) is 6.07 Å². The molecule has 0 heterocycles. The van der Waals surface area contributed by atoms with Gasteiger partial charge in [-0.2, -0.15) is 0 Å². The van der Waals surface area contributed by atoms with Gasteiger partial charge in [-0.3, -0.25) is 4.79 Å². The summed E-state index contributed by atoms with van der Waals surface area (Å²) in [6, 6.07) is 5.34. The number of rotatable bonds is 2. The summed E-state index contributed by atoms with van der Waals surface area (Å²) >= 11 is 0. The van der Waals surface area contributed by atoms with Crippen LogP contribution in [0, 0.1) is 6.92 Å². The zero-order valence-electron chi connectivity index (χ0n) is 9.23. The molecule has 4 heteroatoms. The average Bonchev–Trinajstić information content (AvgIpc) is 2.19. The van der Waals surface area contributed by atoms with Gasteiger partial charge in [0.2, 0.25) is 0 Å². The third-order valence-corrected chi connectivity index (χ3v) is 2.98. The first-order valence-electron chi connectivity index (χ1n) is 5.42. The number of hydrogen-bond donors (Lipinski definition) is 3. The Bertz CT molecular complexity index is 411. The number of aromatic hydroxyl groups is 1. The van der Waals surface area contributed by atoms with E-state index in [0.717, 1.165) is 18.4 Å². The maximum atomic E-state index is 11.8. The fourth-order valence-electron chi connectivity index (χ4n) is 1.80. The molecule has 1 aromatic rings. The first kappa shape index (κ1) is 11.0. The molecule has 4 N–H and O–H groups in total. The van der Waals surface area contributed by atoms with E-state index in [0.29, 0.717) is 5.56 Å². The third-order valence-electron chi connectivity index (χ3n) is 2.98. The number of nitrogens with one attached hydrogen (secondary N) is 1. The molecule has 86 valence electrons. The minimum atomic E-state index is -0.146. The summed E-state index contributed by atoms with van der Waals surface area (Å²) in [6.07, 6.45) is 1.67. The van der Waals surface area contributed by atoms with Crippen LogP contribution in [0.15, 0.2) is 18.2 Å². The largest absolute Gasteiger partial charge is 0.508 e. The average molecular weight is 220 g/mol. The molecule has 1 saturated carbocycles. The van der Waals surface area contributed by atoms with Gasteiger partial charge in [0.25, 0.3) is 5.91 Å². The van der Waals surface area contributed by atoms with Crippen molar-refractivity contribution in [3.05, 3.63) is 29.3 Å². The molecule has 16 heavy (non-hydrogen) atoms. The molecule has 0 atom stereocenters. The van der Waals surface area contributed by atoms with Crippen LogP contribution in [0.25, 0.3) is 0 Å². The summed E-state index contributed by atoms with van der Waals surface area (Å²) in [7, 11) is 0. The van der Waals surface area contributed by atoms with Crippen molar-refractivity contribution in [2.75, 3.05) is 0 Å². The molecule has 1 fully saturated rings. The molecule has 1 amide bonds. The highest BCUT2D eigenvalue weighted by molar-refractivity contribution is 5.94. The summed E-state index contributed by atoms with van der Waals surface area (Å²) in [5, 5.41) is 12.4. The Kier molecular flexibility index (Phi) is 2.83. The molecule has 0 spiro atoms. The van der Waals surface area contributed by atoms with E-state index in [9.17, 15) is 9.90 Å². The molecule has 0 saturated heterocycles. The lowest BCUT2D eigenvalue weighted by molar-refractivity contribution is 0.0910. The minimum absolute atomic E-state index is 0.146. The topological polar surface area (TPSA) is 75.4 Å². The van der Waals surface area contributed by atoms with Crippen molar-refractivity contribution in [2.24, 2.45) is 5.73 Å². The monoisotopic (exact) mass is 220 g/mol. The summed E-state index contributed by atoms with van der Waals surface area (Å²) in [5.41, 5.74) is 6.89. The maximum Gasteiger partial charge on any atom is 0.251 e. The highest BCUT2D eigenvalue weighted by Gasteiger charge is 2.27. The molecular weight excluding hydrogens is 204 g/mol. The number of carbonyl (C=O) groups excluding carboxylic acids is 1. The first-order chi connectivity index (χ1) is 7.56. The lowest BCUT2D eigenvalue weighted by Crippen LogP contribution is -2.50. The lowest BCUT2D eigenvalue weighted by Gasteiger charge is -2.32. The van der Waals surface area contributed by atoms with Crippen molar-refractivity contribution in [1.82, 2.24) is 5.32 Å². The van der Waals surface area contributed by atoms with Crippen LogP contribution in [0.4, 0.5) is 0 Å². The highest BCUT2D eigenvalue weighted by atomic mass is 16.3. The van der Waals surface area contributed by atoms with E-state index in [1.54, 1.807) is 19.1 Å². The van der Waals surface area contributed by atoms with E-state index >= 15 is 0 Å². The summed E-state index contributed by atoms with van der Waals surface area (Å²) in [4.78, 5) is 11.8. The summed E-state index contributed by atoms with van der Waals surface area (Å²) in [6.45, 7) is 1.79. The van der Waals surface area contributed by atoms with E-state index in [1.807, 2.05) is 0 Å². The Balaban J connectivity index is 2.01. The van der Waals surface area contributed by atoms with Gasteiger partial charge in [0, 0.05) is 17.6 Å². The molecule has 1 aliphatic rings. The number of aryl methyl sites for hydroxylation is 1. The molecule has 0 unspecified atom stereocenters. The second-order valence-corrected chi connectivity index (χ2v) is 4.40. The van der Waals surface area contributed by atoms with Crippen molar-refractivity contribution in [3.63, 3.8) is 0 Å². The van der Waals surface area contributed by atoms with E-state index in [4.69, 9.17) is 5.73 Å². The molecule has 1 aliphatic carbocycles. The van der Waals surface area contributed by atoms with Gasteiger partial charge in [0.15, 0.2) is 0 Å². The second-order valence-electron chi connectivity index (χ2n) is 4.40. The smallest absolute Gasteiger partial charge is 0.251 e. The van der Waals surface area contributed by atoms with Gasteiger partial charge in [-0.05, 0) is 37.5 Å². The highest BCUT2D eigenvalue weighted by Crippen LogP contribution is 2.20.